The number of aliphatic hydroxyl groups excluding tert-OH is 1. The molecule has 0 unspecified atom stereocenters. The maximum Gasteiger partial charge on any atom is 0.118 e. The molecule has 0 spiro atoms. The maximum absolute atomic E-state index is 9.84. The van der Waals surface area contributed by atoms with Gasteiger partial charge >= 0.3 is 0 Å². The Morgan fingerprint density at radius 3 is 2.60 bits per heavy atom. The number of allylic oxidation sites excluding steroid dienone is 1. The summed E-state index contributed by atoms with van der Waals surface area (Å²) in [6, 6.07) is 7.53. The first-order valence-electron chi connectivity index (χ1n) is 5.21. The molecular weight excluding hydrogens is 188 g/mol. The molecule has 0 aliphatic heterocycles. The molecule has 0 aromatic heterocycles. The van der Waals surface area contributed by atoms with Crippen LogP contribution in [0.3, 0.4) is 0 Å². The summed E-state index contributed by atoms with van der Waals surface area (Å²) < 4.78 is 5.05. The van der Waals surface area contributed by atoms with Gasteiger partial charge in [-0.3, -0.25) is 0 Å². The average molecular weight is 206 g/mol. The summed E-state index contributed by atoms with van der Waals surface area (Å²) in [5.41, 5.74) is 0.944. The minimum Gasteiger partial charge on any atom is -0.497 e. The Balaban J connectivity index is 2.50. The van der Waals surface area contributed by atoms with E-state index in [0.29, 0.717) is 0 Å². The van der Waals surface area contributed by atoms with E-state index >= 15 is 0 Å². The van der Waals surface area contributed by atoms with Crippen LogP contribution in [0.5, 0.6) is 5.75 Å². The molecule has 0 saturated carbocycles. The quantitative estimate of drug-likeness (QED) is 0.572. The van der Waals surface area contributed by atoms with Gasteiger partial charge in [-0.25, -0.2) is 0 Å². The maximum atomic E-state index is 9.84. The zero-order valence-electron chi connectivity index (χ0n) is 9.15. The van der Waals surface area contributed by atoms with Gasteiger partial charge in [0.05, 0.1) is 13.2 Å². The largest absolute Gasteiger partial charge is 0.497 e. The molecule has 82 valence electrons. The summed E-state index contributed by atoms with van der Waals surface area (Å²) in [4.78, 5) is 0. The normalized spacial score (nSPS) is 12.1. The lowest BCUT2D eigenvalue weighted by atomic mass is 10.0. The summed E-state index contributed by atoms with van der Waals surface area (Å²) in [5, 5.41) is 9.84. The highest BCUT2D eigenvalue weighted by atomic mass is 16.5. The third-order valence-corrected chi connectivity index (χ3v) is 2.39. The van der Waals surface area contributed by atoms with Crippen molar-refractivity contribution in [1.82, 2.24) is 0 Å². The lowest BCUT2D eigenvalue weighted by Gasteiger charge is -2.10. The number of unbranched alkanes of at least 4 members (excludes halogenated alkanes) is 1. The van der Waals surface area contributed by atoms with Crippen LogP contribution in [-0.4, -0.2) is 12.2 Å². The van der Waals surface area contributed by atoms with Crippen LogP contribution in [0, 0.1) is 0 Å². The number of aliphatic hydroxyl groups is 1. The van der Waals surface area contributed by atoms with Crippen LogP contribution >= 0.6 is 0 Å². The highest BCUT2D eigenvalue weighted by Gasteiger charge is 2.06. The van der Waals surface area contributed by atoms with Gasteiger partial charge in [0, 0.05) is 0 Å². The van der Waals surface area contributed by atoms with Crippen LogP contribution in [-0.2, 0) is 0 Å². The van der Waals surface area contributed by atoms with Crippen molar-refractivity contribution in [3.8, 4) is 5.75 Å². The second-order valence-electron chi connectivity index (χ2n) is 3.51. The highest BCUT2D eigenvalue weighted by molar-refractivity contribution is 5.28. The standard InChI is InChI=1S/C13H18O2/c1-3-4-5-6-13(14)11-7-9-12(15-2)10-8-11/h3,7-10,13-14H,1,4-6H2,2H3/t13-/m1/s1. The Labute approximate surface area is 91.2 Å². The van der Waals surface area contributed by atoms with E-state index < -0.39 is 0 Å². The first kappa shape index (κ1) is 11.8. The fourth-order valence-corrected chi connectivity index (χ4v) is 1.45. The van der Waals surface area contributed by atoms with Crippen molar-refractivity contribution in [1.29, 1.82) is 0 Å². The van der Waals surface area contributed by atoms with E-state index in [4.69, 9.17) is 4.74 Å². The molecule has 0 saturated heterocycles. The number of hydrogen-bond donors (Lipinski definition) is 1. The summed E-state index contributed by atoms with van der Waals surface area (Å²) in [6.07, 6.45) is 4.19. The molecule has 0 aliphatic carbocycles. The molecule has 0 heterocycles. The van der Waals surface area contributed by atoms with E-state index in [1.807, 2.05) is 30.3 Å². The molecule has 1 rings (SSSR count). The summed E-state index contributed by atoms with van der Waals surface area (Å²) in [6.45, 7) is 3.65. The van der Waals surface area contributed by atoms with Crippen LogP contribution in [0.25, 0.3) is 0 Å². The third-order valence-electron chi connectivity index (χ3n) is 2.39. The van der Waals surface area contributed by atoms with E-state index in [9.17, 15) is 5.11 Å². The van der Waals surface area contributed by atoms with Gasteiger partial charge in [0.15, 0.2) is 0 Å². The Morgan fingerprint density at radius 1 is 1.40 bits per heavy atom. The lowest BCUT2D eigenvalue weighted by Crippen LogP contribution is -1.97. The first-order chi connectivity index (χ1) is 7.27. The molecule has 2 heteroatoms. The molecule has 1 atom stereocenters. The summed E-state index contributed by atoms with van der Waals surface area (Å²) in [7, 11) is 1.63. The fourth-order valence-electron chi connectivity index (χ4n) is 1.45. The van der Waals surface area contributed by atoms with Gasteiger partial charge < -0.3 is 9.84 Å². The Morgan fingerprint density at radius 2 is 2.07 bits per heavy atom. The van der Waals surface area contributed by atoms with E-state index in [0.717, 1.165) is 30.6 Å². The number of rotatable bonds is 6. The Kier molecular flexibility index (Phi) is 4.91. The van der Waals surface area contributed by atoms with Crippen molar-refractivity contribution < 1.29 is 9.84 Å². The molecule has 0 bridgehead atoms. The van der Waals surface area contributed by atoms with Crippen molar-refractivity contribution >= 4 is 0 Å². The van der Waals surface area contributed by atoms with Crippen LogP contribution in [0.4, 0.5) is 0 Å². The van der Waals surface area contributed by atoms with Crippen molar-refractivity contribution in [2.45, 2.75) is 25.4 Å². The van der Waals surface area contributed by atoms with Crippen LogP contribution < -0.4 is 4.74 Å². The van der Waals surface area contributed by atoms with Crippen LogP contribution in [0.1, 0.15) is 30.9 Å². The molecule has 0 amide bonds. The van der Waals surface area contributed by atoms with Crippen LogP contribution in [0.15, 0.2) is 36.9 Å². The van der Waals surface area contributed by atoms with Crippen molar-refractivity contribution in [2.24, 2.45) is 0 Å². The SMILES string of the molecule is C=CCCC[C@@H](O)c1ccc(OC)cc1. The molecule has 0 fully saturated rings. The summed E-state index contributed by atoms with van der Waals surface area (Å²) in [5.74, 6) is 0.817. The molecule has 1 N–H and O–H groups in total. The molecule has 2 nitrogen and oxygen atoms in total. The van der Waals surface area contributed by atoms with E-state index in [2.05, 4.69) is 6.58 Å². The minimum atomic E-state index is -0.379. The number of methoxy groups -OCH3 is 1. The molecular formula is C13H18O2. The van der Waals surface area contributed by atoms with Gasteiger partial charge in [-0.15, -0.1) is 6.58 Å². The van der Waals surface area contributed by atoms with Gasteiger partial charge in [0.1, 0.15) is 5.75 Å². The van der Waals surface area contributed by atoms with Gasteiger partial charge in [-0.2, -0.15) is 0 Å². The number of hydrogen-bond acceptors (Lipinski definition) is 2. The average Bonchev–Trinajstić information content (AvgIpc) is 2.29. The Hall–Kier alpha value is -1.28. The van der Waals surface area contributed by atoms with Gasteiger partial charge in [-0.05, 0) is 37.0 Å². The zero-order chi connectivity index (χ0) is 11.1. The predicted octanol–water partition coefficient (Wildman–Crippen LogP) is 3.08. The monoisotopic (exact) mass is 206 g/mol. The second kappa shape index (κ2) is 6.25. The molecule has 1 aromatic rings. The minimum absolute atomic E-state index is 0.379. The molecule has 0 radical (unpaired) electrons. The van der Waals surface area contributed by atoms with Gasteiger partial charge in [0.25, 0.3) is 0 Å². The van der Waals surface area contributed by atoms with E-state index in [1.54, 1.807) is 7.11 Å². The van der Waals surface area contributed by atoms with E-state index in [1.165, 1.54) is 0 Å². The molecule has 1 aromatic carbocycles. The Bertz CT molecular complexity index is 290. The molecule has 0 aliphatic rings. The van der Waals surface area contributed by atoms with Crippen molar-refractivity contribution in [3.05, 3.63) is 42.5 Å². The van der Waals surface area contributed by atoms with Crippen LogP contribution in [0.2, 0.25) is 0 Å². The van der Waals surface area contributed by atoms with Gasteiger partial charge in [-0.1, -0.05) is 18.2 Å². The predicted molar refractivity (Wildman–Crippen MR) is 62.0 cm³/mol. The summed E-state index contributed by atoms with van der Waals surface area (Å²) >= 11 is 0. The third kappa shape index (κ3) is 3.76. The fraction of sp³-hybridized carbons (Fsp3) is 0.385. The van der Waals surface area contributed by atoms with E-state index in [-0.39, 0.29) is 6.10 Å². The number of benzene rings is 1. The topological polar surface area (TPSA) is 29.5 Å². The number of ether oxygens (including phenoxy) is 1. The zero-order valence-corrected chi connectivity index (χ0v) is 9.15. The molecule has 15 heavy (non-hydrogen) atoms. The van der Waals surface area contributed by atoms with Gasteiger partial charge in [0.2, 0.25) is 0 Å². The lowest BCUT2D eigenvalue weighted by molar-refractivity contribution is 0.165. The first-order valence-corrected chi connectivity index (χ1v) is 5.21. The van der Waals surface area contributed by atoms with Crippen molar-refractivity contribution in [2.75, 3.05) is 7.11 Å². The van der Waals surface area contributed by atoms with Crippen molar-refractivity contribution in [3.63, 3.8) is 0 Å². The second-order valence-corrected chi connectivity index (χ2v) is 3.51. The highest BCUT2D eigenvalue weighted by Crippen LogP contribution is 2.21. The smallest absolute Gasteiger partial charge is 0.118 e.